The van der Waals surface area contributed by atoms with Gasteiger partial charge in [-0.15, -0.1) is 0 Å². The zero-order valence-corrected chi connectivity index (χ0v) is 13.9. The van der Waals surface area contributed by atoms with Crippen LogP contribution in [0, 0.1) is 6.92 Å². The van der Waals surface area contributed by atoms with Gasteiger partial charge in [-0.3, -0.25) is 0 Å². The Kier molecular flexibility index (Phi) is 4.11. The van der Waals surface area contributed by atoms with Gasteiger partial charge in [-0.25, -0.2) is 0 Å². The summed E-state index contributed by atoms with van der Waals surface area (Å²) in [6, 6.07) is 9.40. The molecule has 110 valence electrons. The normalized spacial score (nSPS) is 14.9. The largest absolute Gasteiger partial charge is 0.486 e. The third-order valence-electron chi connectivity index (χ3n) is 3.49. The van der Waals surface area contributed by atoms with Gasteiger partial charge in [0.2, 0.25) is 0 Å². The number of halogens is 2. The first-order chi connectivity index (χ1) is 10.1. The van der Waals surface area contributed by atoms with Crippen molar-refractivity contribution in [2.24, 2.45) is 5.73 Å². The fourth-order valence-corrected chi connectivity index (χ4v) is 3.38. The van der Waals surface area contributed by atoms with Crippen molar-refractivity contribution in [2.45, 2.75) is 13.0 Å². The SMILES string of the molecule is Cc1ccc(C(N)c2cc3c(cc2Cl)OCCO3)c(Br)c1. The summed E-state index contributed by atoms with van der Waals surface area (Å²) in [6.45, 7) is 3.12. The van der Waals surface area contributed by atoms with Crippen LogP contribution < -0.4 is 15.2 Å². The quantitative estimate of drug-likeness (QED) is 0.862. The first-order valence-electron chi connectivity index (χ1n) is 6.67. The van der Waals surface area contributed by atoms with Crippen molar-refractivity contribution in [3.8, 4) is 11.5 Å². The van der Waals surface area contributed by atoms with E-state index in [4.69, 9.17) is 26.8 Å². The molecule has 2 N–H and O–H groups in total. The molecule has 1 aliphatic heterocycles. The number of nitrogens with two attached hydrogens (primary N) is 1. The van der Waals surface area contributed by atoms with Crippen molar-refractivity contribution in [1.82, 2.24) is 0 Å². The number of ether oxygens (including phenoxy) is 2. The summed E-state index contributed by atoms with van der Waals surface area (Å²) in [5, 5.41) is 0.583. The fourth-order valence-electron chi connectivity index (χ4n) is 2.37. The van der Waals surface area contributed by atoms with Crippen LogP contribution in [0.25, 0.3) is 0 Å². The number of aryl methyl sites for hydroxylation is 1. The summed E-state index contributed by atoms with van der Waals surface area (Å²) in [6.07, 6.45) is 0. The standard InChI is InChI=1S/C16H15BrClNO2/c1-9-2-3-10(12(17)6-9)16(19)11-7-14-15(8-13(11)18)21-5-4-20-14/h2-3,6-8,16H,4-5,19H2,1H3. The van der Waals surface area contributed by atoms with Crippen LogP contribution in [0.1, 0.15) is 22.7 Å². The fraction of sp³-hybridized carbons (Fsp3) is 0.250. The second-order valence-electron chi connectivity index (χ2n) is 5.02. The Morgan fingerprint density at radius 2 is 1.76 bits per heavy atom. The van der Waals surface area contributed by atoms with Gasteiger partial charge in [-0.2, -0.15) is 0 Å². The number of fused-ring (bicyclic) bond motifs is 1. The second kappa shape index (κ2) is 5.87. The van der Waals surface area contributed by atoms with Gasteiger partial charge in [0.05, 0.1) is 6.04 Å². The van der Waals surface area contributed by atoms with E-state index in [9.17, 15) is 0 Å². The van der Waals surface area contributed by atoms with Crippen molar-refractivity contribution in [3.05, 3.63) is 56.5 Å². The van der Waals surface area contributed by atoms with Gasteiger partial charge in [0.25, 0.3) is 0 Å². The maximum Gasteiger partial charge on any atom is 0.162 e. The van der Waals surface area contributed by atoms with Crippen LogP contribution in [0.15, 0.2) is 34.8 Å². The monoisotopic (exact) mass is 367 g/mol. The highest BCUT2D eigenvalue weighted by atomic mass is 79.9. The molecule has 0 bridgehead atoms. The molecule has 0 saturated carbocycles. The third kappa shape index (κ3) is 2.89. The number of benzene rings is 2. The molecule has 1 aliphatic rings. The first-order valence-corrected chi connectivity index (χ1v) is 7.84. The highest BCUT2D eigenvalue weighted by molar-refractivity contribution is 9.10. The molecule has 1 heterocycles. The van der Waals surface area contributed by atoms with E-state index in [0.29, 0.717) is 29.7 Å². The van der Waals surface area contributed by atoms with E-state index in [1.165, 1.54) is 5.56 Å². The number of hydrogen-bond donors (Lipinski definition) is 1. The minimum absolute atomic E-state index is 0.330. The maximum atomic E-state index is 6.39. The van der Waals surface area contributed by atoms with Gasteiger partial charge < -0.3 is 15.2 Å². The third-order valence-corrected chi connectivity index (χ3v) is 4.50. The lowest BCUT2D eigenvalue weighted by atomic mass is 9.98. The van der Waals surface area contributed by atoms with Gasteiger partial charge in [0.15, 0.2) is 11.5 Å². The number of rotatable bonds is 2. The summed E-state index contributed by atoms with van der Waals surface area (Å²) >= 11 is 9.92. The van der Waals surface area contributed by atoms with Gasteiger partial charge in [0, 0.05) is 15.6 Å². The molecule has 2 aromatic carbocycles. The zero-order chi connectivity index (χ0) is 15.0. The first kappa shape index (κ1) is 14.7. The minimum atomic E-state index is -0.330. The summed E-state index contributed by atoms with van der Waals surface area (Å²) in [5.74, 6) is 1.37. The van der Waals surface area contributed by atoms with Crippen LogP contribution >= 0.6 is 27.5 Å². The van der Waals surface area contributed by atoms with E-state index in [1.807, 2.05) is 31.2 Å². The lowest BCUT2D eigenvalue weighted by Gasteiger charge is -2.22. The predicted molar refractivity (Wildman–Crippen MR) is 87.4 cm³/mol. The molecule has 5 heteroatoms. The van der Waals surface area contributed by atoms with E-state index in [2.05, 4.69) is 15.9 Å². The Morgan fingerprint density at radius 1 is 1.10 bits per heavy atom. The van der Waals surface area contributed by atoms with Gasteiger partial charge in [-0.1, -0.05) is 39.7 Å². The predicted octanol–water partition coefficient (Wildman–Crippen LogP) is 4.23. The summed E-state index contributed by atoms with van der Waals surface area (Å²) in [5.41, 5.74) is 9.37. The Labute approximate surface area is 137 Å². The van der Waals surface area contributed by atoms with Crippen LogP contribution in [0.5, 0.6) is 11.5 Å². The molecule has 0 aliphatic carbocycles. The van der Waals surface area contributed by atoms with E-state index in [0.717, 1.165) is 15.6 Å². The van der Waals surface area contributed by atoms with E-state index >= 15 is 0 Å². The van der Waals surface area contributed by atoms with Crippen molar-refractivity contribution in [2.75, 3.05) is 13.2 Å². The molecule has 21 heavy (non-hydrogen) atoms. The molecule has 0 spiro atoms. The van der Waals surface area contributed by atoms with E-state index < -0.39 is 0 Å². The molecule has 3 rings (SSSR count). The van der Waals surface area contributed by atoms with Crippen LogP contribution in [0.4, 0.5) is 0 Å². The summed E-state index contributed by atoms with van der Waals surface area (Å²) in [7, 11) is 0. The molecule has 1 atom stereocenters. The Hall–Kier alpha value is -1.23. The van der Waals surface area contributed by atoms with Gasteiger partial charge >= 0.3 is 0 Å². The molecule has 0 amide bonds. The Balaban J connectivity index is 2.03. The maximum absolute atomic E-state index is 6.39. The van der Waals surface area contributed by atoms with Crippen LogP contribution in [-0.2, 0) is 0 Å². The van der Waals surface area contributed by atoms with Crippen LogP contribution in [0.3, 0.4) is 0 Å². The topological polar surface area (TPSA) is 44.5 Å². The molecule has 1 unspecified atom stereocenters. The van der Waals surface area contributed by atoms with Crippen molar-refractivity contribution >= 4 is 27.5 Å². The van der Waals surface area contributed by atoms with E-state index in [1.54, 1.807) is 6.07 Å². The Bertz CT molecular complexity index is 690. The summed E-state index contributed by atoms with van der Waals surface area (Å²) in [4.78, 5) is 0. The minimum Gasteiger partial charge on any atom is -0.486 e. The number of hydrogen-bond acceptors (Lipinski definition) is 3. The Morgan fingerprint density at radius 3 is 2.43 bits per heavy atom. The average Bonchev–Trinajstić information content (AvgIpc) is 2.46. The molecule has 2 aromatic rings. The molecular formula is C16H15BrClNO2. The molecule has 0 saturated heterocycles. The van der Waals surface area contributed by atoms with Gasteiger partial charge in [-0.05, 0) is 35.7 Å². The van der Waals surface area contributed by atoms with Crippen LogP contribution in [-0.4, -0.2) is 13.2 Å². The lowest BCUT2D eigenvalue weighted by molar-refractivity contribution is 0.171. The van der Waals surface area contributed by atoms with Crippen molar-refractivity contribution < 1.29 is 9.47 Å². The molecule has 0 fully saturated rings. The second-order valence-corrected chi connectivity index (χ2v) is 6.28. The van der Waals surface area contributed by atoms with E-state index in [-0.39, 0.29) is 6.04 Å². The van der Waals surface area contributed by atoms with Gasteiger partial charge in [0.1, 0.15) is 13.2 Å². The van der Waals surface area contributed by atoms with Crippen molar-refractivity contribution in [3.63, 3.8) is 0 Å². The van der Waals surface area contributed by atoms with Crippen LogP contribution in [0.2, 0.25) is 5.02 Å². The molecule has 0 aromatic heterocycles. The highest BCUT2D eigenvalue weighted by Crippen LogP contribution is 2.39. The molecule has 3 nitrogen and oxygen atoms in total. The smallest absolute Gasteiger partial charge is 0.162 e. The average molecular weight is 369 g/mol. The molecule has 0 radical (unpaired) electrons. The zero-order valence-electron chi connectivity index (χ0n) is 11.5. The molecular weight excluding hydrogens is 354 g/mol. The summed E-state index contributed by atoms with van der Waals surface area (Å²) < 4.78 is 12.1. The lowest BCUT2D eigenvalue weighted by Crippen LogP contribution is -2.18. The highest BCUT2D eigenvalue weighted by Gasteiger charge is 2.20. The van der Waals surface area contributed by atoms with Crippen molar-refractivity contribution in [1.29, 1.82) is 0 Å².